The maximum absolute atomic E-state index is 4.47. The van der Waals surface area contributed by atoms with E-state index in [0.29, 0.717) is 0 Å². The van der Waals surface area contributed by atoms with Crippen LogP contribution in [0, 0.1) is 6.92 Å². The van der Waals surface area contributed by atoms with Gasteiger partial charge in [0.1, 0.15) is 5.82 Å². The fraction of sp³-hybridized carbons (Fsp3) is 0.333. The lowest BCUT2D eigenvalue weighted by Gasteiger charge is -2.19. The van der Waals surface area contributed by atoms with E-state index in [0.717, 1.165) is 28.4 Å². The zero-order valence-corrected chi connectivity index (χ0v) is 12.3. The van der Waals surface area contributed by atoms with E-state index >= 15 is 0 Å². The van der Waals surface area contributed by atoms with E-state index in [1.165, 1.54) is 5.56 Å². The van der Waals surface area contributed by atoms with Crippen LogP contribution in [0.4, 0.5) is 5.82 Å². The Hall–Kier alpha value is -0.940. The first-order valence-electron chi connectivity index (χ1n) is 5.32. The van der Waals surface area contributed by atoms with Gasteiger partial charge in [-0.2, -0.15) is 0 Å². The minimum absolute atomic E-state index is 0.793. The highest BCUT2D eigenvalue weighted by Gasteiger charge is 2.09. The van der Waals surface area contributed by atoms with Crippen LogP contribution < -0.4 is 4.90 Å². The van der Waals surface area contributed by atoms with Crippen molar-refractivity contribution in [2.75, 3.05) is 11.9 Å². The molecule has 17 heavy (non-hydrogen) atoms. The van der Waals surface area contributed by atoms with Gasteiger partial charge in [-0.3, -0.25) is 0 Å². The summed E-state index contributed by atoms with van der Waals surface area (Å²) in [4.78, 5) is 11.0. The Balaban J connectivity index is 2.16. The minimum atomic E-state index is 0.793. The van der Waals surface area contributed by atoms with Crippen LogP contribution in [-0.4, -0.2) is 17.0 Å². The molecule has 2 aromatic rings. The van der Waals surface area contributed by atoms with Crippen molar-refractivity contribution in [1.82, 2.24) is 9.97 Å². The summed E-state index contributed by atoms with van der Waals surface area (Å²) >= 11 is 5.17. The van der Waals surface area contributed by atoms with Crippen molar-refractivity contribution in [3.63, 3.8) is 0 Å². The summed E-state index contributed by atoms with van der Waals surface area (Å²) in [6.07, 6.45) is 1.82. The van der Waals surface area contributed by atoms with Gasteiger partial charge in [0.15, 0.2) is 0 Å². The smallest absolute Gasteiger partial charge is 0.132 e. The molecule has 2 aromatic heterocycles. The number of rotatable bonds is 4. The number of pyridine rings is 1. The van der Waals surface area contributed by atoms with Crippen LogP contribution in [0.1, 0.15) is 16.3 Å². The van der Waals surface area contributed by atoms with E-state index in [1.54, 1.807) is 11.3 Å². The van der Waals surface area contributed by atoms with Gasteiger partial charge < -0.3 is 4.90 Å². The molecule has 0 aromatic carbocycles. The van der Waals surface area contributed by atoms with E-state index in [9.17, 15) is 0 Å². The van der Waals surface area contributed by atoms with Crippen molar-refractivity contribution in [2.24, 2.45) is 0 Å². The maximum atomic E-state index is 4.47. The number of halogens is 1. The fourth-order valence-corrected chi connectivity index (χ4v) is 2.72. The minimum Gasteiger partial charge on any atom is -0.353 e. The summed E-state index contributed by atoms with van der Waals surface area (Å²) in [5, 5.41) is 4.02. The lowest BCUT2D eigenvalue weighted by molar-refractivity contribution is 0.864. The van der Waals surface area contributed by atoms with Gasteiger partial charge >= 0.3 is 0 Å². The Kier molecular flexibility index (Phi) is 4.12. The molecule has 0 saturated carbocycles. The third-order valence-electron chi connectivity index (χ3n) is 2.44. The molecule has 0 spiro atoms. The van der Waals surface area contributed by atoms with Crippen LogP contribution in [-0.2, 0) is 11.9 Å². The Bertz CT molecular complexity index is 498. The van der Waals surface area contributed by atoms with Crippen molar-refractivity contribution < 1.29 is 0 Å². The highest BCUT2D eigenvalue weighted by Crippen LogP contribution is 2.20. The number of thiazole rings is 1. The summed E-state index contributed by atoms with van der Waals surface area (Å²) in [7, 11) is 2.04. The maximum Gasteiger partial charge on any atom is 0.132 e. The second-order valence-corrected chi connectivity index (χ2v) is 5.46. The fourth-order valence-electron chi connectivity index (χ4n) is 1.68. The summed E-state index contributed by atoms with van der Waals surface area (Å²) in [5.74, 6) is 1.01. The number of hydrogen-bond acceptors (Lipinski definition) is 4. The second kappa shape index (κ2) is 5.60. The van der Waals surface area contributed by atoms with Gasteiger partial charge in [-0.15, -0.1) is 11.3 Å². The number of aromatic nitrogens is 2. The van der Waals surface area contributed by atoms with Gasteiger partial charge in [0.05, 0.1) is 17.2 Å². The van der Waals surface area contributed by atoms with Crippen molar-refractivity contribution in [3.05, 3.63) is 40.0 Å². The molecule has 2 heterocycles. The second-order valence-electron chi connectivity index (χ2n) is 3.83. The molecule has 0 bridgehead atoms. The lowest BCUT2D eigenvalue weighted by Crippen LogP contribution is -2.19. The van der Waals surface area contributed by atoms with Gasteiger partial charge in [0.2, 0.25) is 0 Å². The first-order chi connectivity index (χ1) is 8.20. The van der Waals surface area contributed by atoms with Gasteiger partial charge in [-0.25, -0.2) is 9.97 Å². The predicted molar refractivity (Wildman–Crippen MR) is 75.8 cm³/mol. The molecule has 90 valence electrons. The van der Waals surface area contributed by atoms with Crippen molar-refractivity contribution in [2.45, 2.75) is 18.8 Å². The van der Waals surface area contributed by atoms with Crippen LogP contribution in [0.5, 0.6) is 0 Å². The van der Waals surface area contributed by atoms with Crippen LogP contribution in [0.2, 0.25) is 0 Å². The first kappa shape index (κ1) is 12.5. The van der Waals surface area contributed by atoms with Gasteiger partial charge in [0.25, 0.3) is 0 Å². The lowest BCUT2D eigenvalue weighted by atomic mass is 10.2. The monoisotopic (exact) mass is 311 g/mol. The molecule has 0 unspecified atom stereocenters. The SMILES string of the molecule is Cc1nc(CN(C)c2ncccc2CBr)cs1. The standard InChI is InChI=1S/C12H14BrN3S/c1-9-15-11(8-17-9)7-16(2)12-10(6-13)4-3-5-14-12/h3-5,8H,6-7H2,1-2H3. The molecule has 0 atom stereocenters. The van der Waals surface area contributed by atoms with E-state index in [-0.39, 0.29) is 0 Å². The Labute approximate surface area is 114 Å². The molecule has 2 rings (SSSR count). The molecule has 0 radical (unpaired) electrons. The molecule has 0 aliphatic rings. The number of alkyl halides is 1. The van der Waals surface area contributed by atoms with Crippen molar-refractivity contribution in [3.8, 4) is 0 Å². The van der Waals surface area contributed by atoms with Crippen LogP contribution in [0.3, 0.4) is 0 Å². The molecule has 3 nitrogen and oxygen atoms in total. The van der Waals surface area contributed by atoms with Crippen molar-refractivity contribution in [1.29, 1.82) is 0 Å². The molecule has 0 saturated heterocycles. The third kappa shape index (κ3) is 3.04. The largest absolute Gasteiger partial charge is 0.353 e. The molecule has 0 amide bonds. The van der Waals surface area contributed by atoms with Crippen LogP contribution in [0.15, 0.2) is 23.7 Å². The summed E-state index contributed by atoms with van der Waals surface area (Å²) in [6.45, 7) is 2.82. The average molecular weight is 312 g/mol. The van der Waals surface area contributed by atoms with Gasteiger partial charge in [0, 0.05) is 29.5 Å². The van der Waals surface area contributed by atoms with E-state index < -0.39 is 0 Å². The molecule has 0 aliphatic heterocycles. The molecule has 5 heteroatoms. The summed E-state index contributed by atoms with van der Waals surface area (Å²) in [5.41, 5.74) is 2.29. The Morgan fingerprint density at radius 3 is 2.94 bits per heavy atom. The summed E-state index contributed by atoms with van der Waals surface area (Å²) in [6, 6.07) is 4.04. The average Bonchev–Trinajstić information content (AvgIpc) is 2.74. The first-order valence-corrected chi connectivity index (χ1v) is 7.33. The number of nitrogens with zero attached hydrogens (tertiary/aromatic N) is 3. The van der Waals surface area contributed by atoms with Crippen molar-refractivity contribution >= 4 is 33.1 Å². The number of aryl methyl sites for hydroxylation is 1. The zero-order valence-electron chi connectivity index (χ0n) is 9.85. The Morgan fingerprint density at radius 2 is 2.29 bits per heavy atom. The van der Waals surface area contributed by atoms with Gasteiger partial charge in [-0.05, 0) is 13.0 Å². The molecule has 0 aliphatic carbocycles. The zero-order chi connectivity index (χ0) is 12.3. The van der Waals surface area contributed by atoms with Crippen LogP contribution >= 0.6 is 27.3 Å². The quantitative estimate of drug-likeness (QED) is 0.811. The topological polar surface area (TPSA) is 29.0 Å². The molecule has 0 N–H and O–H groups in total. The van der Waals surface area contributed by atoms with E-state index in [4.69, 9.17) is 0 Å². The highest BCUT2D eigenvalue weighted by molar-refractivity contribution is 9.08. The molecular formula is C12H14BrN3S. The van der Waals surface area contributed by atoms with E-state index in [1.807, 2.05) is 26.2 Å². The number of anilines is 1. The molecular weight excluding hydrogens is 298 g/mol. The normalized spacial score (nSPS) is 10.5. The van der Waals surface area contributed by atoms with Crippen LogP contribution in [0.25, 0.3) is 0 Å². The predicted octanol–water partition coefficient (Wildman–Crippen LogP) is 3.38. The highest BCUT2D eigenvalue weighted by atomic mass is 79.9. The third-order valence-corrected chi connectivity index (χ3v) is 3.87. The van der Waals surface area contributed by atoms with Gasteiger partial charge in [-0.1, -0.05) is 22.0 Å². The summed E-state index contributed by atoms with van der Waals surface area (Å²) < 4.78 is 0. The Morgan fingerprint density at radius 1 is 1.47 bits per heavy atom. The number of hydrogen-bond donors (Lipinski definition) is 0. The molecule has 0 fully saturated rings. The van der Waals surface area contributed by atoms with E-state index in [2.05, 4.69) is 42.2 Å².